The number of fused-ring (bicyclic) bond motifs is 5. The lowest BCUT2D eigenvalue weighted by Gasteiger charge is -2.61. The van der Waals surface area contributed by atoms with Crippen LogP contribution in [0.4, 0.5) is 0 Å². The Morgan fingerprint density at radius 3 is 2.45 bits per heavy atom. The molecule has 0 bridgehead atoms. The fraction of sp³-hybridized carbons (Fsp3) is 0.963. The van der Waals surface area contributed by atoms with Crippen molar-refractivity contribution >= 4 is 5.78 Å². The van der Waals surface area contributed by atoms with Gasteiger partial charge in [-0.3, -0.25) is 4.79 Å². The minimum absolute atomic E-state index is 0.00244. The molecule has 4 saturated carbocycles. The van der Waals surface area contributed by atoms with Gasteiger partial charge in [-0.25, -0.2) is 0 Å². The van der Waals surface area contributed by atoms with Crippen molar-refractivity contribution in [2.75, 3.05) is 0 Å². The van der Waals surface area contributed by atoms with Crippen LogP contribution in [-0.4, -0.2) is 16.5 Å². The first-order valence-corrected chi connectivity index (χ1v) is 13.1. The third-order valence-corrected chi connectivity index (χ3v) is 10.5. The van der Waals surface area contributed by atoms with Crippen molar-refractivity contribution in [3.8, 4) is 0 Å². The van der Waals surface area contributed by atoms with Crippen molar-refractivity contribution in [3.63, 3.8) is 0 Å². The first-order valence-electron chi connectivity index (χ1n) is 13.1. The second kappa shape index (κ2) is 8.29. The smallest absolute Gasteiger partial charge is 0.139 e. The Labute approximate surface area is 179 Å². The Hall–Kier alpha value is -0.370. The molecule has 29 heavy (non-hydrogen) atoms. The fourth-order valence-electron chi connectivity index (χ4n) is 8.55. The molecule has 4 fully saturated rings. The summed E-state index contributed by atoms with van der Waals surface area (Å²) in [5.41, 5.74) is 0.00899. The minimum Gasteiger partial charge on any atom is -0.390 e. The average molecular weight is 403 g/mol. The van der Waals surface area contributed by atoms with E-state index in [0.717, 1.165) is 50.4 Å². The largest absolute Gasteiger partial charge is 0.390 e. The van der Waals surface area contributed by atoms with Crippen LogP contribution in [0.25, 0.3) is 0 Å². The highest BCUT2D eigenvalue weighted by Crippen LogP contribution is 2.66. The SMILES string of the molecule is CCCCCCCC[C@@]1(O)CC[C@@]2(C)C(CCC3C2CC[C@]2(C)C(=O)CCC32)C1. The van der Waals surface area contributed by atoms with Crippen LogP contribution >= 0.6 is 0 Å². The van der Waals surface area contributed by atoms with Crippen LogP contribution in [-0.2, 0) is 4.79 Å². The Morgan fingerprint density at radius 1 is 0.897 bits per heavy atom. The minimum atomic E-state index is -0.395. The van der Waals surface area contributed by atoms with Gasteiger partial charge in [0, 0.05) is 11.8 Å². The van der Waals surface area contributed by atoms with Crippen LogP contribution < -0.4 is 0 Å². The molecule has 2 heteroatoms. The maximum Gasteiger partial charge on any atom is 0.139 e. The van der Waals surface area contributed by atoms with Crippen LogP contribution in [0.3, 0.4) is 0 Å². The molecule has 0 aromatic rings. The van der Waals surface area contributed by atoms with Crippen molar-refractivity contribution < 1.29 is 9.90 Å². The molecule has 4 aliphatic carbocycles. The number of carbonyl (C=O) groups excluding carboxylic acids is 1. The lowest BCUT2D eigenvalue weighted by Crippen LogP contribution is -2.56. The zero-order valence-electron chi connectivity index (χ0n) is 19.5. The number of unbranched alkanes of at least 4 members (excludes halogenated alkanes) is 5. The average Bonchev–Trinajstić information content (AvgIpc) is 3.00. The van der Waals surface area contributed by atoms with E-state index in [0.29, 0.717) is 23.0 Å². The molecule has 4 aliphatic rings. The standard InChI is InChI=1S/C27H46O2/c1-4-5-6-7-8-9-15-27(29)18-17-25(2)20(19-27)10-11-21-22-12-13-24(28)26(22,3)16-14-23(21)25/h20-23,29H,4-19H2,1-3H3/t20?,21?,22?,23?,25-,26-,27+/m0/s1. The highest BCUT2D eigenvalue weighted by molar-refractivity contribution is 5.87. The molecular weight excluding hydrogens is 356 g/mol. The van der Waals surface area contributed by atoms with Gasteiger partial charge in [0.2, 0.25) is 0 Å². The number of hydrogen-bond acceptors (Lipinski definition) is 2. The van der Waals surface area contributed by atoms with E-state index < -0.39 is 5.60 Å². The summed E-state index contributed by atoms with van der Waals surface area (Å²) < 4.78 is 0. The van der Waals surface area contributed by atoms with Gasteiger partial charge in [0.1, 0.15) is 5.78 Å². The van der Waals surface area contributed by atoms with Crippen LogP contribution in [0.15, 0.2) is 0 Å². The van der Waals surface area contributed by atoms with Gasteiger partial charge in [-0.1, -0.05) is 59.3 Å². The number of carbonyl (C=O) groups is 1. The predicted octanol–water partition coefficient (Wildman–Crippen LogP) is 7.08. The number of rotatable bonds is 7. The fourth-order valence-corrected chi connectivity index (χ4v) is 8.55. The zero-order chi connectivity index (χ0) is 20.7. The molecule has 0 aromatic heterocycles. The predicted molar refractivity (Wildman–Crippen MR) is 120 cm³/mol. The maximum atomic E-state index is 12.6. The molecular formula is C27H46O2. The second-order valence-electron chi connectivity index (χ2n) is 12.0. The molecule has 166 valence electrons. The molecule has 0 heterocycles. The van der Waals surface area contributed by atoms with Crippen LogP contribution in [0.2, 0.25) is 0 Å². The van der Waals surface area contributed by atoms with Crippen molar-refractivity contribution in [3.05, 3.63) is 0 Å². The molecule has 7 atom stereocenters. The third-order valence-electron chi connectivity index (χ3n) is 10.5. The summed E-state index contributed by atoms with van der Waals surface area (Å²) in [4.78, 5) is 12.6. The number of ketones is 1. The molecule has 0 aromatic carbocycles. The van der Waals surface area contributed by atoms with E-state index in [9.17, 15) is 9.90 Å². The summed E-state index contributed by atoms with van der Waals surface area (Å²) in [6, 6.07) is 0. The summed E-state index contributed by atoms with van der Waals surface area (Å²) in [5, 5.41) is 11.4. The summed E-state index contributed by atoms with van der Waals surface area (Å²) >= 11 is 0. The van der Waals surface area contributed by atoms with E-state index in [2.05, 4.69) is 20.8 Å². The van der Waals surface area contributed by atoms with Crippen molar-refractivity contribution in [2.24, 2.45) is 34.5 Å². The van der Waals surface area contributed by atoms with E-state index in [1.165, 1.54) is 64.2 Å². The van der Waals surface area contributed by atoms with E-state index in [1.807, 2.05) is 0 Å². The molecule has 0 spiro atoms. The summed E-state index contributed by atoms with van der Waals surface area (Å²) in [7, 11) is 0. The van der Waals surface area contributed by atoms with Gasteiger partial charge in [-0.2, -0.15) is 0 Å². The van der Waals surface area contributed by atoms with Gasteiger partial charge < -0.3 is 5.11 Å². The molecule has 0 radical (unpaired) electrons. The van der Waals surface area contributed by atoms with Crippen molar-refractivity contribution in [2.45, 2.75) is 129 Å². The van der Waals surface area contributed by atoms with Crippen molar-refractivity contribution in [1.29, 1.82) is 0 Å². The Balaban J connectivity index is 1.37. The highest BCUT2D eigenvalue weighted by atomic mass is 16.3. The maximum absolute atomic E-state index is 12.6. The summed E-state index contributed by atoms with van der Waals surface area (Å²) in [5.74, 6) is 3.47. The number of aliphatic hydroxyl groups is 1. The lowest BCUT2D eigenvalue weighted by molar-refractivity contribution is -0.155. The van der Waals surface area contributed by atoms with E-state index >= 15 is 0 Å². The Morgan fingerprint density at radius 2 is 1.66 bits per heavy atom. The first kappa shape index (κ1) is 21.8. The Kier molecular flexibility index (Phi) is 6.24. The summed E-state index contributed by atoms with van der Waals surface area (Å²) in [6.45, 7) is 7.13. The molecule has 0 aliphatic heterocycles. The molecule has 2 nitrogen and oxygen atoms in total. The Bertz CT molecular complexity index is 599. The van der Waals surface area contributed by atoms with Gasteiger partial charge in [0.15, 0.2) is 0 Å². The van der Waals surface area contributed by atoms with E-state index in [1.54, 1.807) is 0 Å². The van der Waals surface area contributed by atoms with Crippen LogP contribution in [0, 0.1) is 34.5 Å². The normalized spacial score (nSPS) is 46.8. The lowest BCUT2D eigenvalue weighted by atomic mass is 9.44. The van der Waals surface area contributed by atoms with Gasteiger partial charge >= 0.3 is 0 Å². The van der Waals surface area contributed by atoms with Gasteiger partial charge in [0.25, 0.3) is 0 Å². The summed E-state index contributed by atoms with van der Waals surface area (Å²) in [6.07, 6.45) is 19.1. The van der Waals surface area contributed by atoms with Crippen LogP contribution in [0.5, 0.6) is 0 Å². The quantitative estimate of drug-likeness (QED) is 0.462. The molecule has 0 saturated heterocycles. The highest BCUT2D eigenvalue weighted by Gasteiger charge is 2.61. The van der Waals surface area contributed by atoms with Crippen LogP contribution in [0.1, 0.15) is 124 Å². The topological polar surface area (TPSA) is 37.3 Å². The molecule has 0 amide bonds. The monoisotopic (exact) mass is 402 g/mol. The van der Waals surface area contributed by atoms with Gasteiger partial charge in [-0.05, 0) is 86.9 Å². The van der Waals surface area contributed by atoms with Gasteiger partial charge in [0.05, 0.1) is 5.60 Å². The van der Waals surface area contributed by atoms with E-state index in [-0.39, 0.29) is 5.41 Å². The second-order valence-corrected chi connectivity index (χ2v) is 12.0. The third kappa shape index (κ3) is 3.85. The number of hydrogen-bond donors (Lipinski definition) is 1. The molecule has 1 N–H and O–H groups in total. The van der Waals surface area contributed by atoms with Crippen molar-refractivity contribution in [1.82, 2.24) is 0 Å². The first-order chi connectivity index (χ1) is 13.8. The number of Topliss-reactive ketones (excluding diaryl/α,β-unsaturated/α-hetero) is 1. The molecule has 4 unspecified atom stereocenters. The van der Waals surface area contributed by atoms with Gasteiger partial charge in [-0.15, -0.1) is 0 Å². The van der Waals surface area contributed by atoms with E-state index in [4.69, 9.17) is 0 Å². The zero-order valence-corrected chi connectivity index (χ0v) is 19.5. The molecule has 4 rings (SSSR count).